The van der Waals surface area contributed by atoms with E-state index in [0.29, 0.717) is 6.04 Å². The van der Waals surface area contributed by atoms with E-state index in [1.54, 1.807) is 0 Å². The molecule has 0 aliphatic heterocycles. The van der Waals surface area contributed by atoms with Crippen LogP contribution in [0.2, 0.25) is 0 Å². The van der Waals surface area contributed by atoms with Crippen LogP contribution in [0, 0.1) is 5.41 Å². The second kappa shape index (κ2) is 5.76. The van der Waals surface area contributed by atoms with Crippen molar-refractivity contribution in [1.29, 1.82) is 0 Å². The van der Waals surface area contributed by atoms with Gasteiger partial charge in [-0.25, -0.2) is 0 Å². The number of alkyl halides is 3. The molecule has 112 valence electrons. The van der Waals surface area contributed by atoms with E-state index in [1.165, 1.54) is 12.1 Å². The van der Waals surface area contributed by atoms with E-state index in [1.807, 2.05) is 6.07 Å². The quantitative estimate of drug-likeness (QED) is 0.816. The van der Waals surface area contributed by atoms with Crippen LogP contribution < -0.4 is 5.32 Å². The van der Waals surface area contributed by atoms with Gasteiger partial charge < -0.3 is 5.32 Å². The van der Waals surface area contributed by atoms with Crippen LogP contribution in [0.4, 0.5) is 13.2 Å². The zero-order valence-electron chi connectivity index (χ0n) is 12.1. The lowest BCUT2D eigenvalue weighted by atomic mass is 9.89. The van der Waals surface area contributed by atoms with Gasteiger partial charge in [0.25, 0.3) is 0 Å². The number of halogens is 3. The van der Waals surface area contributed by atoms with Crippen molar-refractivity contribution in [1.82, 2.24) is 5.32 Å². The standard InChI is InChI=1S/C16H22F3N/c1-3-9-20-12(2)15(7-8-15)11-13-5-4-6-14(10-13)16(17,18)19/h4-6,10,12,20H,3,7-9,11H2,1-2H3. The largest absolute Gasteiger partial charge is 0.416 e. The molecule has 1 fully saturated rings. The summed E-state index contributed by atoms with van der Waals surface area (Å²) in [5.41, 5.74) is 0.404. The van der Waals surface area contributed by atoms with Crippen LogP contribution in [0.1, 0.15) is 44.2 Å². The van der Waals surface area contributed by atoms with Crippen molar-refractivity contribution in [2.24, 2.45) is 5.41 Å². The number of nitrogens with one attached hydrogen (secondary N) is 1. The van der Waals surface area contributed by atoms with Crippen molar-refractivity contribution in [3.8, 4) is 0 Å². The molecule has 1 aliphatic carbocycles. The van der Waals surface area contributed by atoms with Gasteiger partial charge in [0, 0.05) is 6.04 Å². The maximum Gasteiger partial charge on any atom is 0.416 e. The average molecular weight is 285 g/mol. The van der Waals surface area contributed by atoms with Gasteiger partial charge in [0.05, 0.1) is 5.56 Å². The molecule has 1 aromatic carbocycles. The second-order valence-electron chi connectivity index (χ2n) is 5.91. The Morgan fingerprint density at radius 2 is 2.00 bits per heavy atom. The van der Waals surface area contributed by atoms with Crippen LogP contribution in [-0.4, -0.2) is 12.6 Å². The van der Waals surface area contributed by atoms with Gasteiger partial charge in [-0.15, -0.1) is 0 Å². The molecular formula is C16H22F3N. The molecule has 0 saturated heterocycles. The number of hydrogen-bond donors (Lipinski definition) is 1. The van der Waals surface area contributed by atoms with E-state index in [4.69, 9.17) is 0 Å². The molecule has 0 spiro atoms. The highest BCUT2D eigenvalue weighted by Crippen LogP contribution is 2.51. The molecule has 1 atom stereocenters. The van der Waals surface area contributed by atoms with Gasteiger partial charge in [-0.05, 0) is 56.2 Å². The predicted octanol–water partition coefficient (Wildman–Crippen LogP) is 4.42. The van der Waals surface area contributed by atoms with Crippen LogP contribution >= 0.6 is 0 Å². The zero-order valence-corrected chi connectivity index (χ0v) is 12.1. The molecule has 0 amide bonds. The van der Waals surface area contributed by atoms with E-state index in [0.717, 1.165) is 43.9 Å². The molecule has 0 aromatic heterocycles. The van der Waals surface area contributed by atoms with Gasteiger partial charge in [-0.3, -0.25) is 0 Å². The van der Waals surface area contributed by atoms with Crippen LogP contribution in [0.25, 0.3) is 0 Å². The first-order chi connectivity index (χ1) is 9.37. The van der Waals surface area contributed by atoms with Crippen LogP contribution in [0.5, 0.6) is 0 Å². The molecular weight excluding hydrogens is 263 g/mol. The molecule has 1 unspecified atom stereocenters. The minimum Gasteiger partial charge on any atom is -0.314 e. The van der Waals surface area contributed by atoms with Gasteiger partial charge in [-0.1, -0.05) is 25.1 Å². The predicted molar refractivity (Wildman–Crippen MR) is 74.6 cm³/mol. The Morgan fingerprint density at radius 1 is 1.30 bits per heavy atom. The molecule has 1 aromatic rings. The summed E-state index contributed by atoms with van der Waals surface area (Å²) in [6, 6.07) is 6.12. The Hall–Kier alpha value is -1.03. The minimum absolute atomic E-state index is 0.152. The summed E-state index contributed by atoms with van der Waals surface area (Å²) in [6.07, 6.45) is -0.250. The summed E-state index contributed by atoms with van der Waals surface area (Å²) in [6.45, 7) is 5.23. The fraction of sp³-hybridized carbons (Fsp3) is 0.625. The molecule has 1 aliphatic rings. The van der Waals surface area contributed by atoms with Crippen LogP contribution in [0.15, 0.2) is 24.3 Å². The first-order valence-corrected chi connectivity index (χ1v) is 7.27. The summed E-state index contributed by atoms with van der Waals surface area (Å²) in [5.74, 6) is 0. The van der Waals surface area contributed by atoms with Crippen LogP contribution in [-0.2, 0) is 12.6 Å². The van der Waals surface area contributed by atoms with Crippen molar-refractivity contribution in [3.05, 3.63) is 35.4 Å². The SMILES string of the molecule is CCCNC(C)C1(Cc2cccc(C(F)(F)F)c2)CC1. The zero-order chi connectivity index (χ0) is 14.8. The summed E-state index contributed by atoms with van der Waals surface area (Å²) >= 11 is 0. The van der Waals surface area contributed by atoms with Crippen LogP contribution in [0.3, 0.4) is 0 Å². The molecule has 0 bridgehead atoms. The normalized spacial score (nSPS) is 18.9. The number of rotatable bonds is 6. The number of benzene rings is 1. The Kier molecular flexibility index (Phi) is 4.43. The van der Waals surface area contributed by atoms with Gasteiger partial charge in [0.2, 0.25) is 0 Å². The van der Waals surface area contributed by atoms with Gasteiger partial charge >= 0.3 is 6.18 Å². The van der Waals surface area contributed by atoms with E-state index >= 15 is 0 Å². The van der Waals surface area contributed by atoms with Crippen molar-refractivity contribution < 1.29 is 13.2 Å². The third-order valence-corrected chi connectivity index (χ3v) is 4.32. The number of hydrogen-bond acceptors (Lipinski definition) is 1. The molecule has 1 N–H and O–H groups in total. The van der Waals surface area contributed by atoms with Gasteiger partial charge in [0.1, 0.15) is 0 Å². The van der Waals surface area contributed by atoms with E-state index in [9.17, 15) is 13.2 Å². The first-order valence-electron chi connectivity index (χ1n) is 7.27. The van der Waals surface area contributed by atoms with E-state index in [-0.39, 0.29) is 5.41 Å². The van der Waals surface area contributed by atoms with Crippen molar-refractivity contribution >= 4 is 0 Å². The lowest BCUT2D eigenvalue weighted by Crippen LogP contribution is -2.36. The topological polar surface area (TPSA) is 12.0 Å². The molecule has 20 heavy (non-hydrogen) atoms. The summed E-state index contributed by atoms with van der Waals surface area (Å²) < 4.78 is 38.2. The summed E-state index contributed by atoms with van der Waals surface area (Å²) in [4.78, 5) is 0. The lowest BCUT2D eigenvalue weighted by Gasteiger charge is -2.25. The maximum atomic E-state index is 12.7. The maximum absolute atomic E-state index is 12.7. The highest BCUT2D eigenvalue weighted by atomic mass is 19.4. The molecule has 2 rings (SSSR count). The fourth-order valence-corrected chi connectivity index (χ4v) is 2.76. The third kappa shape index (κ3) is 3.54. The molecule has 0 heterocycles. The average Bonchev–Trinajstić information content (AvgIpc) is 3.16. The Balaban J connectivity index is 2.06. The molecule has 1 saturated carbocycles. The van der Waals surface area contributed by atoms with Gasteiger partial charge in [0.15, 0.2) is 0 Å². The minimum atomic E-state index is -4.25. The summed E-state index contributed by atoms with van der Waals surface area (Å²) in [7, 11) is 0. The first kappa shape index (κ1) is 15.4. The van der Waals surface area contributed by atoms with Gasteiger partial charge in [-0.2, -0.15) is 13.2 Å². The monoisotopic (exact) mass is 285 g/mol. The third-order valence-electron chi connectivity index (χ3n) is 4.32. The highest BCUT2D eigenvalue weighted by Gasteiger charge is 2.47. The second-order valence-corrected chi connectivity index (χ2v) is 5.91. The Bertz CT molecular complexity index is 449. The summed E-state index contributed by atoms with van der Waals surface area (Å²) in [5, 5.41) is 3.48. The molecule has 4 heteroatoms. The Morgan fingerprint density at radius 3 is 2.55 bits per heavy atom. The van der Waals surface area contributed by atoms with E-state index < -0.39 is 11.7 Å². The fourth-order valence-electron chi connectivity index (χ4n) is 2.76. The highest BCUT2D eigenvalue weighted by molar-refractivity contribution is 5.28. The van der Waals surface area contributed by atoms with Crippen molar-refractivity contribution in [2.75, 3.05) is 6.54 Å². The Labute approximate surface area is 118 Å². The van der Waals surface area contributed by atoms with Crippen molar-refractivity contribution in [3.63, 3.8) is 0 Å². The molecule has 1 nitrogen and oxygen atoms in total. The lowest BCUT2D eigenvalue weighted by molar-refractivity contribution is -0.137. The molecule has 0 radical (unpaired) electrons. The van der Waals surface area contributed by atoms with Crippen molar-refractivity contribution in [2.45, 2.75) is 51.7 Å². The smallest absolute Gasteiger partial charge is 0.314 e. The van der Waals surface area contributed by atoms with E-state index in [2.05, 4.69) is 19.2 Å².